The predicted octanol–water partition coefficient (Wildman–Crippen LogP) is 1.05. The van der Waals surface area contributed by atoms with E-state index in [0.29, 0.717) is 50.9 Å². The fourth-order valence-corrected chi connectivity index (χ4v) is 4.21. The third-order valence-electron chi connectivity index (χ3n) is 5.84. The van der Waals surface area contributed by atoms with Gasteiger partial charge in [-0.25, -0.2) is 9.97 Å². The minimum atomic E-state index is -0.549. The van der Waals surface area contributed by atoms with Crippen molar-refractivity contribution in [3.05, 3.63) is 72.6 Å². The molecule has 1 atom stereocenters. The molecule has 0 saturated carbocycles. The summed E-state index contributed by atoms with van der Waals surface area (Å²) in [6.45, 7) is 3.27. The number of carbonyl (C=O) groups is 2. The van der Waals surface area contributed by atoms with E-state index in [9.17, 15) is 9.59 Å². The average molecular weight is 417 g/mol. The smallest absolute Gasteiger partial charge is 0.271 e. The van der Waals surface area contributed by atoms with Crippen molar-refractivity contribution in [3.63, 3.8) is 0 Å². The van der Waals surface area contributed by atoms with Gasteiger partial charge in [0.25, 0.3) is 5.91 Å². The molecule has 5 heterocycles. The van der Waals surface area contributed by atoms with Gasteiger partial charge < -0.3 is 19.3 Å². The third kappa shape index (κ3) is 3.74. The summed E-state index contributed by atoms with van der Waals surface area (Å²) in [6, 6.07) is 8.66. The Morgan fingerprint density at radius 2 is 1.81 bits per heavy atom. The van der Waals surface area contributed by atoms with Gasteiger partial charge in [0.2, 0.25) is 11.9 Å². The molecule has 9 nitrogen and oxygen atoms in total. The summed E-state index contributed by atoms with van der Waals surface area (Å²) in [7, 11) is 0. The van der Waals surface area contributed by atoms with Crippen molar-refractivity contribution >= 4 is 17.8 Å². The fraction of sp³-hybridized carbons (Fsp3) is 0.318. The number of aromatic nitrogens is 4. The molecule has 1 saturated heterocycles. The van der Waals surface area contributed by atoms with Crippen molar-refractivity contribution in [2.45, 2.75) is 19.1 Å². The topological polar surface area (TPSA) is 87.5 Å². The zero-order chi connectivity index (χ0) is 21.2. The maximum atomic E-state index is 13.5. The van der Waals surface area contributed by atoms with E-state index in [0.717, 1.165) is 5.56 Å². The molecule has 3 aromatic rings. The van der Waals surface area contributed by atoms with Crippen molar-refractivity contribution in [2.75, 3.05) is 31.1 Å². The standard InChI is InChI=1S/C22H23N7O2/c30-20(26-10-12-27(13-11-26)22-24-7-3-8-25-22)19-16-28-9-2-5-18(28)21(31)29(19)15-17-4-1-6-23-14-17/h1-9,14,19H,10-13,15-16H2/t19-/m0/s1. The summed E-state index contributed by atoms with van der Waals surface area (Å²) in [4.78, 5) is 45.1. The van der Waals surface area contributed by atoms with Crippen LogP contribution in [0.5, 0.6) is 0 Å². The molecule has 2 aliphatic heterocycles. The highest BCUT2D eigenvalue weighted by atomic mass is 16.2. The van der Waals surface area contributed by atoms with Crippen LogP contribution in [0, 0.1) is 0 Å². The van der Waals surface area contributed by atoms with Gasteiger partial charge in [-0.2, -0.15) is 0 Å². The lowest BCUT2D eigenvalue weighted by Gasteiger charge is -2.41. The van der Waals surface area contributed by atoms with Gasteiger partial charge in [-0.05, 0) is 29.8 Å². The highest BCUT2D eigenvalue weighted by Gasteiger charge is 2.39. The number of rotatable bonds is 4. The van der Waals surface area contributed by atoms with E-state index < -0.39 is 6.04 Å². The molecular formula is C22H23N7O2. The van der Waals surface area contributed by atoms with E-state index in [2.05, 4.69) is 19.9 Å². The van der Waals surface area contributed by atoms with E-state index in [1.165, 1.54) is 0 Å². The zero-order valence-electron chi connectivity index (χ0n) is 17.0. The number of pyridine rings is 1. The van der Waals surface area contributed by atoms with E-state index in [1.807, 2.05) is 33.9 Å². The Kier molecular flexibility index (Phi) is 5.07. The summed E-state index contributed by atoms with van der Waals surface area (Å²) < 4.78 is 1.87. The second-order valence-electron chi connectivity index (χ2n) is 7.72. The average Bonchev–Trinajstić information content (AvgIpc) is 3.31. The lowest BCUT2D eigenvalue weighted by Crippen LogP contribution is -2.59. The minimum Gasteiger partial charge on any atom is -0.341 e. The van der Waals surface area contributed by atoms with Crippen molar-refractivity contribution in [1.82, 2.24) is 29.3 Å². The van der Waals surface area contributed by atoms with Crippen molar-refractivity contribution in [2.24, 2.45) is 0 Å². The van der Waals surface area contributed by atoms with Crippen LogP contribution in [0.25, 0.3) is 0 Å². The highest BCUT2D eigenvalue weighted by molar-refractivity contribution is 5.97. The van der Waals surface area contributed by atoms with Crippen LogP contribution < -0.4 is 4.90 Å². The van der Waals surface area contributed by atoms with Gasteiger partial charge in [-0.1, -0.05) is 6.07 Å². The molecule has 2 amide bonds. The van der Waals surface area contributed by atoms with Gasteiger partial charge in [-0.3, -0.25) is 14.6 Å². The van der Waals surface area contributed by atoms with Gasteiger partial charge >= 0.3 is 0 Å². The van der Waals surface area contributed by atoms with Crippen molar-refractivity contribution < 1.29 is 9.59 Å². The van der Waals surface area contributed by atoms with E-state index in [4.69, 9.17) is 0 Å². The largest absolute Gasteiger partial charge is 0.341 e. The Morgan fingerprint density at radius 1 is 1.00 bits per heavy atom. The van der Waals surface area contributed by atoms with Gasteiger partial charge in [-0.15, -0.1) is 0 Å². The second kappa shape index (κ2) is 8.17. The molecule has 0 bridgehead atoms. The van der Waals surface area contributed by atoms with Crippen molar-refractivity contribution in [3.8, 4) is 0 Å². The zero-order valence-corrected chi connectivity index (χ0v) is 17.0. The number of nitrogens with zero attached hydrogens (tertiary/aromatic N) is 7. The molecule has 158 valence electrons. The van der Waals surface area contributed by atoms with Crippen LogP contribution in [0.2, 0.25) is 0 Å². The van der Waals surface area contributed by atoms with Crippen LogP contribution in [0.1, 0.15) is 16.1 Å². The quantitative estimate of drug-likeness (QED) is 0.631. The van der Waals surface area contributed by atoms with E-state index in [-0.39, 0.29) is 11.8 Å². The number of hydrogen-bond acceptors (Lipinski definition) is 6. The van der Waals surface area contributed by atoms with Gasteiger partial charge in [0, 0.05) is 63.7 Å². The predicted molar refractivity (Wildman–Crippen MR) is 113 cm³/mol. The highest BCUT2D eigenvalue weighted by Crippen LogP contribution is 2.23. The molecule has 0 aliphatic carbocycles. The Labute approximate surface area is 179 Å². The summed E-state index contributed by atoms with van der Waals surface area (Å²) in [6.07, 6.45) is 8.74. The summed E-state index contributed by atoms with van der Waals surface area (Å²) in [5.41, 5.74) is 1.51. The Hall–Kier alpha value is -3.75. The van der Waals surface area contributed by atoms with Crippen LogP contribution in [0.3, 0.4) is 0 Å². The van der Waals surface area contributed by atoms with Gasteiger partial charge in [0.1, 0.15) is 11.7 Å². The number of carbonyl (C=O) groups excluding carboxylic acids is 2. The first-order chi connectivity index (χ1) is 15.2. The Bertz CT molecular complexity index is 1060. The molecule has 0 spiro atoms. The number of fused-ring (bicyclic) bond motifs is 1. The molecule has 31 heavy (non-hydrogen) atoms. The molecule has 5 rings (SSSR count). The van der Waals surface area contributed by atoms with E-state index in [1.54, 1.807) is 41.8 Å². The van der Waals surface area contributed by atoms with Crippen LogP contribution in [0.15, 0.2) is 61.3 Å². The fourth-order valence-electron chi connectivity index (χ4n) is 4.21. The summed E-state index contributed by atoms with van der Waals surface area (Å²) in [5, 5.41) is 0. The number of piperazine rings is 1. The molecule has 0 aromatic carbocycles. The van der Waals surface area contributed by atoms with Crippen LogP contribution >= 0.6 is 0 Å². The summed E-state index contributed by atoms with van der Waals surface area (Å²) >= 11 is 0. The molecule has 3 aromatic heterocycles. The summed E-state index contributed by atoms with van der Waals surface area (Å²) in [5.74, 6) is 0.526. The lowest BCUT2D eigenvalue weighted by molar-refractivity contribution is -0.137. The van der Waals surface area contributed by atoms with Crippen LogP contribution in [-0.4, -0.2) is 73.4 Å². The molecule has 0 unspecified atom stereocenters. The minimum absolute atomic E-state index is 0.0229. The Morgan fingerprint density at radius 3 is 2.55 bits per heavy atom. The van der Waals surface area contributed by atoms with E-state index >= 15 is 0 Å². The molecule has 1 fully saturated rings. The first-order valence-electron chi connectivity index (χ1n) is 10.4. The maximum absolute atomic E-state index is 13.5. The SMILES string of the molecule is O=C([C@@H]1Cn2cccc2C(=O)N1Cc1cccnc1)N1CCN(c2ncccn2)CC1. The van der Waals surface area contributed by atoms with Crippen LogP contribution in [-0.2, 0) is 17.9 Å². The van der Waals surface area contributed by atoms with Gasteiger partial charge in [0.05, 0.1) is 6.54 Å². The number of hydrogen-bond donors (Lipinski definition) is 0. The Balaban J connectivity index is 1.34. The van der Waals surface area contributed by atoms with Crippen molar-refractivity contribution in [1.29, 1.82) is 0 Å². The molecule has 9 heteroatoms. The number of amides is 2. The molecular weight excluding hydrogens is 394 g/mol. The second-order valence-corrected chi connectivity index (χ2v) is 7.72. The third-order valence-corrected chi connectivity index (χ3v) is 5.84. The lowest BCUT2D eigenvalue weighted by atomic mass is 10.1. The maximum Gasteiger partial charge on any atom is 0.271 e. The molecule has 0 N–H and O–H groups in total. The van der Waals surface area contributed by atoms with Gasteiger partial charge in [0.15, 0.2) is 0 Å². The normalized spacial score (nSPS) is 18.8. The molecule has 0 radical (unpaired) electrons. The first kappa shape index (κ1) is 19.2. The molecule has 2 aliphatic rings. The van der Waals surface area contributed by atoms with Crippen LogP contribution in [0.4, 0.5) is 5.95 Å². The number of anilines is 1. The first-order valence-corrected chi connectivity index (χ1v) is 10.4. The monoisotopic (exact) mass is 417 g/mol.